The van der Waals surface area contributed by atoms with E-state index in [1.807, 2.05) is 12.1 Å². The molecule has 0 unspecified atom stereocenters. The van der Waals surface area contributed by atoms with Crippen molar-refractivity contribution < 1.29 is 0 Å². The van der Waals surface area contributed by atoms with Crippen molar-refractivity contribution in [3.8, 4) is 0 Å². The van der Waals surface area contributed by atoms with Crippen molar-refractivity contribution in [2.75, 3.05) is 11.7 Å². The van der Waals surface area contributed by atoms with Crippen molar-refractivity contribution in [1.29, 1.82) is 0 Å². The first-order valence-electron chi connectivity index (χ1n) is 8.58. The number of hydrogen-bond donors (Lipinski definition) is 2. The van der Waals surface area contributed by atoms with Gasteiger partial charge in [0.1, 0.15) is 11.6 Å². The van der Waals surface area contributed by atoms with Crippen LogP contribution in [0.5, 0.6) is 0 Å². The van der Waals surface area contributed by atoms with Gasteiger partial charge in [-0.2, -0.15) is 0 Å². The molecule has 0 atom stereocenters. The van der Waals surface area contributed by atoms with E-state index in [1.165, 1.54) is 0 Å². The molecule has 0 aliphatic carbocycles. The standard InChI is InChI=1S/C19H18N6O2/c20-24-16(22-14-8-3-1-6-12(14)18(24)26)10-5-11-17-23-15-9-4-2-7-13(15)19(27)25(17)21/h1-4,6-9H,5,10-11,20-21H2. The van der Waals surface area contributed by atoms with Crippen molar-refractivity contribution in [3.05, 3.63) is 80.9 Å². The second-order valence-electron chi connectivity index (χ2n) is 6.29. The summed E-state index contributed by atoms with van der Waals surface area (Å²) in [6, 6.07) is 14.2. The van der Waals surface area contributed by atoms with E-state index >= 15 is 0 Å². The molecule has 0 aliphatic rings. The SMILES string of the molecule is Nn1c(CCCc2nc3ccccc3c(=O)n2N)nc2ccccc2c1=O. The molecule has 2 aromatic carbocycles. The maximum Gasteiger partial charge on any atom is 0.279 e. The predicted octanol–water partition coefficient (Wildman–Crippen LogP) is 0.709. The number of aryl methyl sites for hydroxylation is 2. The number of fused-ring (bicyclic) bond motifs is 2. The first-order chi connectivity index (χ1) is 13.1. The van der Waals surface area contributed by atoms with Crippen molar-refractivity contribution in [2.24, 2.45) is 0 Å². The lowest BCUT2D eigenvalue weighted by Crippen LogP contribution is -2.32. The molecule has 0 amide bonds. The lowest BCUT2D eigenvalue weighted by Gasteiger charge is -2.10. The molecule has 0 fully saturated rings. The van der Waals surface area contributed by atoms with E-state index in [4.69, 9.17) is 11.7 Å². The first kappa shape index (κ1) is 16.8. The van der Waals surface area contributed by atoms with Crippen molar-refractivity contribution in [2.45, 2.75) is 19.3 Å². The maximum atomic E-state index is 12.3. The normalized spacial score (nSPS) is 11.3. The zero-order valence-electron chi connectivity index (χ0n) is 14.5. The molecule has 0 saturated carbocycles. The Kier molecular flexibility index (Phi) is 4.08. The molecule has 2 aromatic heterocycles. The van der Waals surface area contributed by atoms with E-state index in [0.29, 0.717) is 52.7 Å². The summed E-state index contributed by atoms with van der Waals surface area (Å²) in [7, 11) is 0. The lowest BCUT2D eigenvalue weighted by molar-refractivity contribution is 0.677. The second-order valence-corrected chi connectivity index (χ2v) is 6.29. The molecule has 0 radical (unpaired) electrons. The molecule has 8 heteroatoms. The van der Waals surface area contributed by atoms with Gasteiger partial charge in [-0.05, 0) is 30.7 Å². The first-order valence-corrected chi connectivity index (χ1v) is 8.58. The van der Waals surface area contributed by atoms with Crippen LogP contribution in [0.3, 0.4) is 0 Å². The quantitative estimate of drug-likeness (QED) is 0.516. The minimum atomic E-state index is -0.282. The van der Waals surface area contributed by atoms with E-state index in [1.54, 1.807) is 36.4 Å². The lowest BCUT2D eigenvalue weighted by atomic mass is 10.2. The van der Waals surface area contributed by atoms with Crippen LogP contribution >= 0.6 is 0 Å². The van der Waals surface area contributed by atoms with Crippen molar-refractivity contribution in [3.63, 3.8) is 0 Å². The minimum absolute atomic E-state index is 0.282. The number of nitrogen functional groups attached to an aromatic ring is 2. The van der Waals surface area contributed by atoms with Gasteiger partial charge in [0.2, 0.25) is 0 Å². The average Bonchev–Trinajstić information content (AvgIpc) is 2.69. The van der Waals surface area contributed by atoms with Crippen molar-refractivity contribution in [1.82, 2.24) is 19.3 Å². The average molecular weight is 362 g/mol. The molecule has 2 heterocycles. The summed E-state index contributed by atoms with van der Waals surface area (Å²) in [6.45, 7) is 0. The van der Waals surface area contributed by atoms with Gasteiger partial charge in [-0.3, -0.25) is 9.59 Å². The molecular formula is C19H18N6O2. The predicted molar refractivity (Wildman–Crippen MR) is 104 cm³/mol. The van der Waals surface area contributed by atoms with Gasteiger partial charge in [0.05, 0.1) is 21.8 Å². The highest BCUT2D eigenvalue weighted by atomic mass is 16.1. The summed E-state index contributed by atoms with van der Waals surface area (Å²) in [4.78, 5) is 33.6. The highest BCUT2D eigenvalue weighted by Gasteiger charge is 2.11. The van der Waals surface area contributed by atoms with E-state index < -0.39 is 0 Å². The number of nitrogens with two attached hydrogens (primary N) is 2. The Bertz CT molecular complexity index is 1180. The van der Waals surface area contributed by atoms with Crippen LogP contribution in [-0.4, -0.2) is 19.3 Å². The Morgan fingerprint density at radius 1 is 0.704 bits per heavy atom. The van der Waals surface area contributed by atoms with Gasteiger partial charge in [0, 0.05) is 12.8 Å². The molecule has 0 bridgehead atoms. The third kappa shape index (κ3) is 2.91. The van der Waals surface area contributed by atoms with Gasteiger partial charge < -0.3 is 11.7 Å². The minimum Gasteiger partial charge on any atom is -0.335 e. The monoisotopic (exact) mass is 362 g/mol. The Morgan fingerprint density at radius 2 is 1.11 bits per heavy atom. The molecule has 4 N–H and O–H groups in total. The van der Waals surface area contributed by atoms with Gasteiger partial charge in [-0.1, -0.05) is 24.3 Å². The van der Waals surface area contributed by atoms with E-state index in [-0.39, 0.29) is 11.1 Å². The van der Waals surface area contributed by atoms with Crippen LogP contribution in [0.4, 0.5) is 0 Å². The molecule has 136 valence electrons. The van der Waals surface area contributed by atoms with Crippen molar-refractivity contribution >= 4 is 21.8 Å². The molecule has 27 heavy (non-hydrogen) atoms. The fourth-order valence-corrected chi connectivity index (χ4v) is 3.14. The molecule has 8 nitrogen and oxygen atoms in total. The van der Waals surface area contributed by atoms with Crippen LogP contribution in [0.1, 0.15) is 18.1 Å². The molecular weight excluding hydrogens is 344 g/mol. The summed E-state index contributed by atoms with van der Waals surface area (Å²) >= 11 is 0. The zero-order valence-corrected chi connectivity index (χ0v) is 14.5. The second kappa shape index (κ2) is 6.56. The van der Waals surface area contributed by atoms with Gasteiger partial charge >= 0.3 is 0 Å². The van der Waals surface area contributed by atoms with Crippen LogP contribution < -0.4 is 22.8 Å². The molecule has 4 rings (SSSR count). The van der Waals surface area contributed by atoms with E-state index in [0.717, 1.165) is 9.35 Å². The van der Waals surface area contributed by atoms with Gasteiger partial charge in [0.25, 0.3) is 11.1 Å². The Balaban J connectivity index is 1.61. The number of rotatable bonds is 4. The smallest absolute Gasteiger partial charge is 0.279 e. The summed E-state index contributed by atoms with van der Waals surface area (Å²) in [5.41, 5.74) is 0.655. The van der Waals surface area contributed by atoms with Gasteiger partial charge in [0.15, 0.2) is 0 Å². The number of aromatic nitrogens is 4. The molecule has 0 saturated heterocycles. The largest absolute Gasteiger partial charge is 0.335 e. The zero-order chi connectivity index (χ0) is 19.0. The van der Waals surface area contributed by atoms with Gasteiger partial charge in [-0.25, -0.2) is 19.3 Å². The van der Waals surface area contributed by atoms with Crippen LogP contribution in [0.25, 0.3) is 21.8 Å². The van der Waals surface area contributed by atoms with Crippen LogP contribution in [0.2, 0.25) is 0 Å². The topological polar surface area (TPSA) is 122 Å². The fourth-order valence-electron chi connectivity index (χ4n) is 3.14. The van der Waals surface area contributed by atoms with Crippen LogP contribution in [-0.2, 0) is 12.8 Å². The molecule has 0 spiro atoms. The summed E-state index contributed by atoms with van der Waals surface area (Å²) in [6.07, 6.45) is 1.50. The maximum absolute atomic E-state index is 12.3. The van der Waals surface area contributed by atoms with Crippen LogP contribution in [0, 0.1) is 0 Å². The highest BCUT2D eigenvalue weighted by Crippen LogP contribution is 2.10. The molecule has 0 aliphatic heterocycles. The summed E-state index contributed by atoms with van der Waals surface area (Å²) < 4.78 is 2.15. The number of para-hydroxylation sites is 2. The number of benzene rings is 2. The van der Waals surface area contributed by atoms with E-state index in [2.05, 4.69) is 9.97 Å². The number of hydrogen-bond acceptors (Lipinski definition) is 6. The third-order valence-electron chi connectivity index (χ3n) is 4.56. The van der Waals surface area contributed by atoms with E-state index in [9.17, 15) is 9.59 Å². The Morgan fingerprint density at radius 3 is 1.56 bits per heavy atom. The number of nitrogens with zero attached hydrogens (tertiary/aromatic N) is 4. The molecule has 4 aromatic rings. The Hall–Kier alpha value is -3.68. The van der Waals surface area contributed by atoms with Gasteiger partial charge in [-0.15, -0.1) is 0 Å². The van der Waals surface area contributed by atoms with Crippen LogP contribution in [0.15, 0.2) is 58.1 Å². The highest BCUT2D eigenvalue weighted by molar-refractivity contribution is 5.78. The Labute approximate surface area is 153 Å². The fraction of sp³-hybridized carbons (Fsp3) is 0.158. The summed E-state index contributed by atoms with van der Waals surface area (Å²) in [5, 5.41) is 0.964. The third-order valence-corrected chi connectivity index (χ3v) is 4.56. The summed E-state index contributed by atoms with van der Waals surface area (Å²) in [5.74, 6) is 12.8.